The molecule has 1 fully saturated rings. The number of nitrogens with zero attached hydrogens (tertiary/aromatic N) is 1. The van der Waals surface area contributed by atoms with Crippen molar-refractivity contribution in [2.24, 2.45) is 5.92 Å². The van der Waals surface area contributed by atoms with E-state index in [1.807, 2.05) is 11.0 Å². The van der Waals surface area contributed by atoms with Gasteiger partial charge in [-0.05, 0) is 75.5 Å². The molecule has 1 aliphatic heterocycles. The second-order valence-corrected chi connectivity index (χ2v) is 11.3. The lowest BCUT2D eigenvalue weighted by molar-refractivity contribution is -0.132. The zero-order valence-electron chi connectivity index (χ0n) is 21.5. The molecule has 1 unspecified atom stereocenters. The van der Waals surface area contributed by atoms with Crippen molar-refractivity contribution in [1.82, 2.24) is 4.90 Å². The zero-order chi connectivity index (χ0) is 23.7. The molecule has 3 rings (SSSR count). The number of unbranched alkanes of at least 4 members (excludes halogenated alkanes) is 3. The van der Waals surface area contributed by atoms with Crippen molar-refractivity contribution in [3.8, 4) is 11.5 Å². The maximum absolute atomic E-state index is 12.2. The van der Waals surface area contributed by atoms with Crippen LogP contribution in [0.1, 0.15) is 117 Å². The fourth-order valence-electron chi connectivity index (χ4n) is 6.28. The smallest absolute Gasteiger partial charge is 0.219 e. The third kappa shape index (κ3) is 4.94. The number of phenolic OH excluding ortho intramolecular Hbond substituents is 1. The van der Waals surface area contributed by atoms with Gasteiger partial charge in [0.05, 0.1) is 0 Å². The van der Waals surface area contributed by atoms with Gasteiger partial charge in [0, 0.05) is 31.0 Å². The molecule has 1 aromatic rings. The summed E-state index contributed by atoms with van der Waals surface area (Å²) in [4.78, 5) is 14.2. The number of hydrogen-bond donors (Lipinski definition) is 1. The van der Waals surface area contributed by atoms with Crippen molar-refractivity contribution in [1.29, 1.82) is 0 Å². The number of aromatic hydroxyl groups is 1. The third-order valence-electron chi connectivity index (χ3n) is 8.20. The average molecular weight is 444 g/mol. The van der Waals surface area contributed by atoms with Crippen molar-refractivity contribution in [2.45, 2.75) is 123 Å². The van der Waals surface area contributed by atoms with E-state index in [9.17, 15) is 9.90 Å². The van der Waals surface area contributed by atoms with E-state index in [2.05, 4.69) is 47.6 Å². The molecule has 3 atom stereocenters. The first-order valence-electron chi connectivity index (χ1n) is 12.9. The van der Waals surface area contributed by atoms with Gasteiger partial charge in [0.25, 0.3) is 0 Å². The number of fused-ring (bicyclic) bond motifs is 3. The lowest BCUT2D eigenvalue weighted by Crippen LogP contribution is -2.51. The molecule has 4 nitrogen and oxygen atoms in total. The highest BCUT2D eigenvalue weighted by Gasteiger charge is 2.48. The van der Waals surface area contributed by atoms with Gasteiger partial charge < -0.3 is 14.7 Å². The minimum absolute atomic E-state index is 0.00660. The van der Waals surface area contributed by atoms with Crippen LogP contribution < -0.4 is 4.74 Å². The topological polar surface area (TPSA) is 49.8 Å². The third-order valence-corrected chi connectivity index (χ3v) is 8.20. The minimum Gasteiger partial charge on any atom is -0.508 e. The molecule has 1 aliphatic carbocycles. The van der Waals surface area contributed by atoms with E-state index in [0.29, 0.717) is 11.7 Å². The van der Waals surface area contributed by atoms with Gasteiger partial charge in [0.1, 0.15) is 17.1 Å². The van der Waals surface area contributed by atoms with Gasteiger partial charge in [-0.1, -0.05) is 46.5 Å². The quantitative estimate of drug-likeness (QED) is 0.443. The molecule has 2 aliphatic rings. The Morgan fingerprint density at radius 3 is 2.53 bits per heavy atom. The van der Waals surface area contributed by atoms with Crippen LogP contribution in [0, 0.1) is 5.92 Å². The Hall–Kier alpha value is -1.71. The highest BCUT2D eigenvalue weighted by atomic mass is 16.5. The number of benzene rings is 1. The summed E-state index contributed by atoms with van der Waals surface area (Å²) in [5.41, 5.74) is 1.83. The number of amides is 1. The first kappa shape index (κ1) is 24.9. The Morgan fingerprint density at radius 1 is 1.19 bits per heavy atom. The monoisotopic (exact) mass is 443 g/mol. The number of carbonyl (C=O) groups is 1. The Morgan fingerprint density at radius 2 is 1.91 bits per heavy atom. The van der Waals surface area contributed by atoms with E-state index in [1.54, 1.807) is 6.92 Å². The highest BCUT2D eigenvalue weighted by Crippen LogP contribution is 2.55. The minimum atomic E-state index is -0.285. The summed E-state index contributed by atoms with van der Waals surface area (Å²) in [5.74, 6) is 1.92. The van der Waals surface area contributed by atoms with Crippen LogP contribution in [0.25, 0.3) is 0 Å². The molecule has 0 spiro atoms. The molecule has 0 bridgehead atoms. The van der Waals surface area contributed by atoms with Crippen LogP contribution in [-0.4, -0.2) is 34.1 Å². The predicted octanol–water partition coefficient (Wildman–Crippen LogP) is 6.93. The lowest BCUT2D eigenvalue weighted by Gasteiger charge is -2.50. The molecule has 1 heterocycles. The highest BCUT2D eigenvalue weighted by molar-refractivity contribution is 5.73. The largest absolute Gasteiger partial charge is 0.508 e. The summed E-state index contributed by atoms with van der Waals surface area (Å²) >= 11 is 0. The van der Waals surface area contributed by atoms with Gasteiger partial charge in [-0.3, -0.25) is 4.79 Å². The Kier molecular flexibility index (Phi) is 7.51. The van der Waals surface area contributed by atoms with Crippen molar-refractivity contribution in [3.05, 3.63) is 23.3 Å². The van der Waals surface area contributed by atoms with Crippen LogP contribution in [0.4, 0.5) is 0 Å². The fraction of sp³-hybridized carbons (Fsp3) is 0.750. The van der Waals surface area contributed by atoms with E-state index in [4.69, 9.17) is 4.74 Å². The van der Waals surface area contributed by atoms with Crippen molar-refractivity contribution < 1.29 is 14.6 Å². The summed E-state index contributed by atoms with van der Waals surface area (Å²) in [5, 5.41) is 11.2. The van der Waals surface area contributed by atoms with Crippen LogP contribution in [0.5, 0.6) is 11.5 Å². The summed E-state index contributed by atoms with van der Waals surface area (Å²) in [6.07, 6.45) is 8.99. The van der Waals surface area contributed by atoms with Crippen molar-refractivity contribution in [2.75, 3.05) is 6.54 Å². The molecule has 1 N–H and O–H groups in total. The van der Waals surface area contributed by atoms with Gasteiger partial charge >= 0.3 is 0 Å². The maximum Gasteiger partial charge on any atom is 0.219 e. The molecular weight excluding hydrogens is 398 g/mol. The Bertz CT molecular complexity index is 813. The fourth-order valence-corrected chi connectivity index (χ4v) is 6.28. The van der Waals surface area contributed by atoms with Crippen molar-refractivity contribution in [3.63, 3.8) is 0 Å². The maximum atomic E-state index is 12.2. The second-order valence-electron chi connectivity index (χ2n) is 11.3. The molecule has 0 aromatic heterocycles. The van der Waals surface area contributed by atoms with E-state index in [0.717, 1.165) is 49.1 Å². The van der Waals surface area contributed by atoms with Crippen molar-refractivity contribution >= 4 is 5.91 Å². The number of rotatable bonds is 8. The van der Waals surface area contributed by atoms with E-state index in [1.165, 1.54) is 25.7 Å². The molecule has 180 valence electrons. The van der Waals surface area contributed by atoms with Gasteiger partial charge in [-0.25, -0.2) is 0 Å². The van der Waals surface area contributed by atoms with Crippen LogP contribution >= 0.6 is 0 Å². The summed E-state index contributed by atoms with van der Waals surface area (Å²) in [6.45, 7) is 15.6. The summed E-state index contributed by atoms with van der Waals surface area (Å²) < 4.78 is 6.58. The normalized spacial score (nSPS) is 24.3. The molecule has 4 heteroatoms. The first-order valence-corrected chi connectivity index (χ1v) is 12.9. The van der Waals surface area contributed by atoms with Gasteiger partial charge in [-0.2, -0.15) is 0 Å². The average Bonchev–Trinajstić information content (AvgIpc) is 2.70. The van der Waals surface area contributed by atoms with E-state index < -0.39 is 0 Å². The van der Waals surface area contributed by atoms with Crippen LogP contribution in [0.2, 0.25) is 0 Å². The number of ether oxygens (including phenoxy) is 1. The van der Waals surface area contributed by atoms with Gasteiger partial charge in [0.15, 0.2) is 0 Å². The van der Waals surface area contributed by atoms with Gasteiger partial charge in [0.2, 0.25) is 5.91 Å². The molecular formula is C28H45NO3. The Balaban J connectivity index is 1.93. The van der Waals surface area contributed by atoms with Crippen LogP contribution in [-0.2, 0) is 10.2 Å². The summed E-state index contributed by atoms with van der Waals surface area (Å²) in [7, 11) is 0. The molecule has 1 aromatic carbocycles. The van der Waals surface area contributed by atoms with E-state index >= 15 is 0 Å². The predicted molar refractivity (Wildman–Crippen MR) is 132 cm³/mol. The number of phenols is 1. The standard InChI is InChI=1S/C28H45NO3/c1-8-10-11-12-15-27(4,5)20-16-24(31)26-22-18-21(29(9-2)19(3)30)13-14-23(22)28(6,7)32-25(26)17-20/h16-17,21-23,31H,8-15,18H2,1-7H3/t21?,22-,23-/m1/s1. The SMILES string of the molecule is CCCCCCC(C)(C)c1cc(O)c2c(c1)OC(C)(C)[C@@H]1CCC(N(CC)C(C)=O)C[C@@H]21. The van der Waals surface area contributed by atoms with Crippen LogP contribution in [0.3, 0.4) is 0 Å². The number of hydrogen-bond acceptors (Lipinski definition) is 3. The second kappa shape index (κ2) is 9.65. The zero-order valence-corrected chi connectivity index (χ0v) is 21.5. The van der Waals surface area contributed by atoms with Crippen LogP contribution in [0.15, 0.2) is 12.1 Å². The molecule has 1 amide bonds. The molecule has 0 radical (unpaired) electrons. The first-order chi connectivity index (χ1) is 15.0. The summed E-state index contributed by atoms with van der Waals surface area (Å²) in [6, 6.07) is 4.41. The Labute approximate surface area is 195 Å². The number of carbonyl (C=O) groups excluding carboxylic acids is 1. The molecule has 0 saturated heterocycles. The van der Waals surface area contributed by atoms with E-state index in [-0.39, 0.29) is 28.9 Å². The molecule has 32 heavy (non-hydrogen) atoms. The van der Waals surface area contributed by atoms with Gasteiger partial charge in [-0.15, -0.1) is 0 Å². The molecule has 1 saturated carbocycles. The lowest BCUT2D eigenvalue weighted by atomic mass is 9.64.